The number of pyridine rings is 1. The number of aromatic nitrogens is 1. The van der Waals surface area contributed by atoms with Gasteiger partial charge in [-0.05, 0) is 31.7 Å². The molecule has 96 valence electrons. The second kappa shape index (κ2) is 5.23. The summed E-state index contributed by atoms with van der Waals surface area (Å²) < 4.78 is 10.6. The fraction of sp³-hybridized carbons (Fsp3) is 0.357. The molecule has 1 N–H and O–H groups in total. The van der Waals surface area contributed by atoms with E-state index in [0.717, 1.165) is 34.6 Å². The summed E-state index contributed by atoms with van der Waals surface area (Å²) in [5.74, 6) is 1.52. The summed E-state index contributed by atoms with van der Waals surface area (Å²) >= 11 is 0. The SMILES string of the molecule is CNCc1cc2cc(OC)cc(OC)c2nc1C. The lowest BCUT2D eigenvalue weighted by Crippen LogP contribution is -2.07. The van der Waals surface area contributed by atoms with Gasteiger partial charge in [0.15, 0.2) is 0 Å². The van der Waals surface area contributed by atoms with Gasteiger partial charge in [0, 0.05) is 23.7 Å². The fourth-order valence-corrected chi connectivity index (χ4v) is 2.01. The number of ether oxygens (including phenoxy) is 2. The van der Waals surface area contributed by atoms with Crippen molar-refractivity contribution in [3.8, 4) is 11.5 Å². The monoisotopic (exact) mass is 246 g/mol. The van der Waals surface area contributed by atoms with Crippen molar-refractivity contribution < 1.29 is 9.47 Å². The van der Waals surface area contributed by atoms with Gasteiger partial charge < -0.3 is 14.8 Å². The molecule has 0 aliphatic heterocycles. The highest BCUT2D eigenvalue weighted by Crippen LogP contribution is 2.30. The molecule has 1 aromatic heterocycles. The summed E-state index contributed by atoms with van der Waals surface area (Å²) in [4.78, 5) is 4.62. The van der Waals surface area contributed by atoms with E-state index in [-0.39, 0.29) is 0 Å². The summed E-state index contributed by atoms with van der Waals surface area (Å²) in [6.07, 6.45) is 0. The van der Waals surface area contributed by atoms with E-state index >= 15 is 0 Å². The number of hydrogen-bond acceptors (Lipinski definition) is 4. The van der Waals surface area contributed by atoms with Gasteiger partial charge in [0.1, 0.15) is 17.0 Å². The van der Waals surface area contributed by atoms with Gasteiger partial charge in [0.2, 0.25) is 0 Å². The molecule has 0 saturated heterocycles. The van der Waals surface area contributed by atoms with E-state index in [4.69, 9.17) is 9.47 Å². The van der Waals surface area contributed by atoms with Crippen molar-refractivity contribution in [2.45, 2.75) is 13.5 Å². The molecule has 4 nitrogen and oxygen atoms in total. The van der Waals surface area contributed by atoms with Gasteiger partial charge >= 0.3 is 0 Å². The highest BCUT2D eigenvalue weighted by atomic mass is 16.5. The zero-order chi connectivity index (χ0) is 13.1. The Morgan fingerprint density at radius 2 is 1.94 bits per heavy atom. The minimum atomic E-state index is 0.739. The van der Waals surface area contributed by atoms with Crippen molar-refractivity contribution in [3.05, 3.63) is 29.5 Å². The number of fused-ring (bicyclic) bond motifs is 1. The molecule has 1 heterocycles. The van der Waals surface area contributed by atoms with Gasteiger partial charge in [-0.25, -0.2) is 4.98 Å². The Bertz CT molecular complexity index is 567. The standard InChI is InChI=1S/C14H18N2O2/c1-9-11(8-15-2)5-10-6-12(17-3)7-13(18-4)14(10)16-9/h5-7,15H,8H2,1-4H3. The maximum Gasteiger partial charge on any atom is 0.148 e. The number of rotatable bonds is 4. The van der Waals surface area contributed by atoms with Crippen LogP contribution in [0.25, 0.3) is 10.9 Å². The van der Waals surface area contributed by atoms with Crippen molar-refractivity contribution in [2.75, 3.05) is 21.3 Å². The van der Waals surface area contributed by atoms with Gasteiger partial charge in [-0.1, -0.05) is 0 Å². The summed E-state index contributed by atoms with van der Waals surface area (Å²) in [6.45, 7) is 2.81. The van der Waals surface area contributed by atoms with Gasteiger partial charge in [0.05, 0.1) is 14.2 Å². The van der Waals surface area contributed by atoms with Crippen molar-refractivity contribution >= 4 is 10.9 Å². The van der Waals surface area contributed by atoms with Crippen LogP contribution in [0.5, 0.6) is 11.5 Å². The molecule has 0 unspecified atom stereocenters. The predicted octanol–water partition coefficient (Wildman–Crippen LogP) is 2.28. The molecule has 0 radical (unpaired) electrons. The molecule has 4 heteroatoms. The molecule has 0 amide bonds. The normalized spacial score (nSPS) is 10.7. The van der Waals surface area contributed by atoms with Crippen LogP contribution in [0.15, 0.2) is 18.2 Å². The number of benzene rings is 1. The first-order chi connectivity index (χ1) is 8.69. The summed E-state index contributed by atoms with van der Waals surface area (Å²) in [6, 6.07) is 5.95. The largest absolute Gasteiger partial charge is 0.497 e. The van der Waals surface area contributed by atoms with E-state index < -0.39 is 0 Å². The second-order valence-corrected chi connectivity index (χ2v) is 4.16. The lowest BCUT2D eigenvalue weighted by atomic mass is 10.1. The molecule has 0 aliphatic rings. The molecule has 2 rings (SSSR count). The fourth-order valence-electron chi connectivity index (χ4n) is 2.01. The Labute approximate surface area is 107 Å². The third-order valence-corrected chi connectivity index (χ3v) is 2.97. The third kappa shape index (κ3) is 2.24. The molecule has 18 heavy (non-hydrogen) atoms. The average molecular weight is 246 g/mol. The maximum atomic E-state index is 5.37. The third-order valence-electron chi connectivity index (χ3n) is 2.97. The molecule has 2 aromatic rings. The Kier molecular flexibility index (Phi) is 3.67. The minimum absolute atomic E-state index is 0.739. The van der Waals surface area contributed by atoms with E-state index in [0.29, 0.717) is 0 Å². The van der Waals surface area contributed by atoms with Crippen LogP contribution in [0, 0.1) is 6.92 Å². The Hall–Kier alpha value is -1.81. The number of nitrogens with one attached hydrogen (secondary N) is 1. The zero-order valence-electron chi connectivity index (χ0n) is 11.2. The molecular formula is C14H18N2O2. The van der Waals surface area contributed by atoms with Crippen LogP contribution >= 0.6 is 0 Å². The van der Waals surface area contributed by atoms with Crippen LogP contribution in [0.1, 0.15) is 11.3 Å². The highest BCUT2D eigenvalue weighted by Gasteiger charge is 2.09. The molecule has 0 saturated carbocycles. The van der Waals surface area contributed by atoms with Crippen LogP contribution < -0.4 is 14.8 Å². The molecular weight excluding hydrogens is 228 g/mol. The molecule has 0 aliphatic carbocycles. The van der Waals surface area contributed by atoms with Gasteiger partial charge in [-0.15, -0.1) is 0 Å². The van der Waals surface area contributed by atoms with Crippen molar-refractivity contribution in [1.29, 1.82) is 0 Å². The van der Waals surface area contributed by atoms with Crippen LogP contribution in [-0.2, 0) is 6.54 Å². The van der Waals surface area contributed by atoms with Gasteiger partial charge in [-0.2, -0.15) is 0 Å². The summed E-state index contributed by atoms with van der Waals surface area (Å²) in [7, 11) is 5.22. The Morgan fingerprint density at radius 1 is 1.17 bits per heavy atom. The van der Waals surface area contributed by atoms with Crippen molar-refractivity contribution in [3.63, 3.8) is 0 Å². The smallest absolute Gasteiger partial charge is 0.148 e. The Morgan fingerprint density at radius 3 is 2.56 bits per heavy atom. The number of hydrogen-bond donors (Lipinski definition) is 1. The van der Waals surface area contributed by atoms with E-state index in [2.05, 4.69) is 16.4 Å². The highest BCUT2D eigenvalue weighted by molar-refractivity contribution is 5.87. The first-order valence-corrected chi connectivity index (χ1v) is 5.86. The summed E-state index contributed by atoms with van der Waals surface area (Å²) in [5, 5.41) is 4.17. The lowest BCUT2D eigenvalue weighted by Gasteiger charge is -2.11. The van der Waals surface area contributed by atoms with E-state index in [1.807, 2.05) is 26.1 Å². The van der Waals surface area contributed by atoms with Crippen LogP contribution in [0.3, 0.4) is 0 Å². The van der Waals surface area contributed by atoms with Crippen molar-refractivity contribution in [2.24, 2.45) is 0 Å². The maximum absolute atomic E-state index is 5.37. The topological polar surface area (TPSA) is 43.4 Å². The van der Waals surface area contributed by atoms with Gasteiger partial charge in [0.25, 0.3) is 0 Å². The number of nitrogens with zero attached hydrogens (tertiary/aromatic N) is 1. The first-order valence-electron chi connectivity index (χ1n) is 5.86. The quantitative estimate of drug-likeness (QED) is 0.898. The zero-order valence-corrected chi connectivity index (χ0v) is 11.2. The number of aryl methyl sites for hydroxylation is 1. The van der Waals surface area contributed by atoms with E-state index in [1.54, 1.807) is 14.2 Å². The molecule has 0 atom stereocenters. The van der Waals surface area contributed by atoms with Crippen LogP contribution in [0.2, 0.25) is 0 Å². The van der Waals surface area contributed by atoms with Crippen LogP contribution in [0.4, 0.5) is 0 Å². The van der Waals surface area contributed by atoms with E-state index in [1.165, 1.54) is 5.56 Å². The second-order valence-electron chi connectivity index (χ2n) is 4.16. The molecule has 0 spiro atoms. The first kappa shape index (κ1) is 12.6. The molecule has 0 fully saturated rings. The van der Waals surface area contributed by atoms with Gasteiger partial charge in [-0.3, -0.25) is 0 Å². The average Bonchev–Trinajstić information content (AvgIpc) is 2.39. The summed E-state index contributed by atoms with van der Waals surface area (Å²) in [5.41, 5.74) is 3.07. The molecule has 0 bridgehead atoms. The predicted molar refractivity (Wildman–Crippen MR) is 72.3 cm³/mol. The van der Waals surface area contributed by atoms with Crippen molar-refractivity contribution in [1.82, 2.24) is 10.3 Å². The Balaban J connectivity index is 2.67. The number of methoxy groups -OCH3 is 2. The van der Waals surface area contributed by atoms with E-state index in [9.17, 15) is 0 Å². The lowest BCUT2D eigenvalue weighted by molar-refractivity contribution is 0.397. The minimum Gasteiger partial charge on any atom is -0.497 e. The van der Waals surface area contributed by atoms with Crippen LogP contribution in [-0.4, -0.2) is 26.3 Å². The molecule has 1 aromatic carbocycles.